The van der Waals surface area contributed by atoms with Gasteiger partial charge < -0.3 is 0 Å². The second-order valence-corrected chi connectivity index (χ2v) is 9.63. The van der Waals surface area contributed by atoms with E-state index in [9.17, 15) is 0 Å². The molecule has 0 rings (SSSR count). The van der Waals surface area contributed by atoms with Gasteiger partial charge in [-0.2, -0.15) is 0 Å². The largest absolute Gasteiger partial charge is 0.258 e. The van der Waals surface area contributed by atoms with Crippen LogP contribution in [0.25, 0.3) is 0 Å². The number of unbranched alkanes of at least 4 members (excludes halogenated alkanes) is 22. The van der Waals surface area contributed by atoms with Crippen molar-refractivity contribution in [2.24, 2.45) is 0 Å². The summed E-state index contributed by atoms with van der Waals surface area (Å²) in [6.45, 7) is 6.86. The van der Waals surface area contributed by atoms with Crippen LogP contribution < -0.4 is 10.9 Å². The fourth-order valence-corrected chi connectivity index (χ4v) is 4.29. The average molecular weight is 425 g/mol. The predicted octanol–water partition coefficient (Wildman–Crippen LogP) is 9.48. The van der Waals surface area contributed by atoms with E-state index in [4.69, 9.17) is 0 Å². The molecule has 0 aromatic carbocycles. The number of rotatable bonds is 27. The summed E-state index contributed by atoms with van der Waals surface area (Å²) in [7, 11) is 0. The Labute approximate surface area is 192 Å². The topological polar surface area (TPSA) is 24.1 Å². The van der Waals surface area contributed by atoms with Crippen LogP contribution >= 0.6 is 0 Å². The van der Waals surface area contributed by atoms with E-state index in [1.807, 2.05) is 0 Å². The maximum absolute atomic E-state index is 3.41. The van der Waals surface area contributed by atoms with Crippen LogP contribution in [0.2, 0.25) is 0 Å². The van der Waals surface area contributed by atoms with Gasteiger partial charge in [-0.25, -0.2) is 0 Å². The molecule has 2 nitrogen and oxygen atoms in total. The van der Waals surface area contributed by atoms with Crippen molar-refractivity contribution in [3.8, 4) is 0 Å². The Morgan fingerprint density at radius 2 is 0.467 bits per heavy atom. The fraction of sp³-hybridized carbons (Fsp3) is 1.00. The van der Waals surface area contributed by atoms with Crippen molar-refractivity contribution in [2.75, 3.05) is 13.1 Å². The molecule has 0 aromatic heterocycles. The molecule has 0 fully saturated rings. The SMILES string of the molecule is CCCCCCCCCCCCCCNNCCCCCCCCCCCCCC. The Kier molecular flexibility index (Phi) is 28.8. The van der Waals surface area contributed by atoms with Gasteiger partial charge in [0.05, 0.1) is 0 Å². The molecule has 0 aliphatic heterocycles. The van der Waals surface area contributed by atoms with Gasteiger partial charge in [-0.05, 0) is 12.8 Å². The average Bonchev–Trinajstić information content (AvgIpc) is 2.76. The molecule has 0 saturated heterocycles. The Morgan fingerprint density at radius 1 is 0.267 bits per heavy atom. The highest BCUT2D eigenvalue weighted by atomic mass is 15.3. The third-order valence-electron chi connectivity index (χ3n) is 6.44. The summed E-state index contributed by atoms with van der Waals surface area (Å²) in [5.74, 6) is 0. The second-order valence-electron chi connectivity index (χ2n) is 9.63. The minimum Gasteiger partial charge on any atom is -0.258 e. The summed E-state index contributed by atoms with van der Waals surface area (Å²) >= 11 is 0. The molecule has 0 aliphatic carbocycles. The van der Waals surface area contributed by atoms with Crippen molar-refractivity contribution in [1.82, 2.24) is 10.9 Å². The van der Waals surface area contributed by atoms with E-state index < -0.39 is 0 Å². The van der Waals surface area contributed by atoms with Gasteiger partial charge in [0.15, 0.2) is 0 Å². The lowest BCUT2D eigenvalue weighted by Crippen LogP contribution is -2.33. The number of hydrogen-bond donors (Lipinski definition) is 2. The van der Waals surface area contributed by atoms with Crippen molar-refractivity contribution in [3.63, 3.8) is 0 Å². The zero-order valence-electron chi connectivity index (χ0n) is 21.4. The van der Waals surface area contributed by atoms with E-state index in [0.29, 0.717) is 0 Å². The fourth-order valence-electron chi connectivity index (χ4n) is 4.29. The molecule has 0 saturated carbocycles. The van der Waals surface area contributed by atoms with Gasteiger partial charge in [-0.15, -0.1) is 0 Å². The van der Waals surface area contributed by atoms with Crippen molar-refractivity contribution in [1.29, 1.82) is 0 Å². The first-order chi connectivity index (χ1) is 14.9. The van der Waals surface area contributed by atoms with Gasteiger partial charge in [-0.3, -0.25) is 10.9 Å². The number of nitrogens with one attached hydrogen (secondary N) is 2. The highest BCUT2D eigenvalue weighted by Crippen LogP contribution is 2.12. The monoisotopic (exact) mass is 424 g/mol. The highest BCUT2D eigenvalue weighted by Gasteiger charge is 1.95. The molecule has 182 valence electrons. The molecule has 0 amide bonds. The van der Waals surface area contributed by atoms with E-state index in [-0.39, 0.29) is 0 Å². The summed E-state index contributed by atoms with van der Waals surface area (Å²) in [4.78, 5) is 0. The van der Waals surface area contributed by atoms with Crippen molar-refractivity contribution in [3.05, 3.63) is 0 Å². The molecule has 2 N–H and O–H groups in total. The first kappa shape index (κ1) is 29.9. The molecule has 0 bridgehead atoms. The second kappa shape index (κ2) is 28.9. The molecule has 0 radical (unpaired) electrons. The van der Waals surface area contributed by atoms with Crippen LogP contribution in [-0.4, -0.2) is 13.1 Å². The Hall–Kier alpha value is -0.0800. The van der Waals surface area contributed by atoms with Crippen molar-refractivity contribution < 1.29 is 0 Å². The molecule has 2 heteroatoms. The van der Waals surface area contributed by atoms with Crippen LogP contribution in [0.5, 0.6) is 0 Å². The van der Waals surface area contributed by atoms with Crippen LogP contribution in [0.3, 0.4) is 0 Å². The standard InChI is InChI=1S/C28H60N2/c1-3-5-7-9-11-13-15-17-19-21-23-25-27-29-30-28-26-24-22-20-18-16-14-12-10-8-6-4-2/h29-30H,3-28H2,1-2H3. The Bertz CT molecular complexity index is 252. The summed E-state index contributed by atoms with van der Waals surface area (Å²) in [5, 5.41) is 0. The predicted molar refractivity (Wildman–Crippen MR) is 138 cm³/mol. The maximum Gasteiger partial charge on any atom is 0.00997 e. The summed E-state index contributed by atoms with van der Waals surface area (Å²) < 4.78 is 0. The van der Waals surface area contributed by atoms with Gasteiger partial charge in [0.1, 0.15) is 0 Å². The third kappa shape index (κ3) is 27.9. The summed E-state index contributed by atoms with van der Waals surface area (Å²) in [5.41, 5.74) is 6.82. The molecular formula is C28H60N2. The quantitative estimate of drug-likeness (QED) is 0.101. The zero-order valence-corrected chi connectivity index (χ0v) is 21.4. The smallest absolute Gasteiger partial charge is 0.00997 e. The highest BCUT2D eigenvalue weighted by molar-refractivity contribution is 4.52. The summed E-state index contributed by atoms with van der Waals surface area (Å²) in [6.07, 6.45) is 34.3. The van der Waals surface area contributed by atoms with E-state index in [1.54, 1.807) is 0 Å². The lowest BCUT2D eigenvalue weighted by atomic mass is 10.1. The molecule has 0 heterocycles. The van der Waals surface area contributed by atoms with Gasteiger partial charge in [0, 0.05) is 13.1 Å². The van der Waals surface area contributed by atoms with Gasteiger partial charge in [0.25, 0.3) is 0 Å². The minimum atomic E-state index is 1.13. The molecule has 0 aromatic rings. The van der Waals surface area contributed by atoms with E-state index in [1.165, 1.54) is 154 Å². The van der Waals surface area contributed by atoms with Crippen LogP contribution in [0, 0.1) is 0 Å². The lowest BCUT2D eigenvalue weighted by molar-refractivity contribution is 0.476. The van der Waals surface area contributed by atoms with Crippen LogP contribution in [0.4, 0.5) is 0 Å². The van der Waals surface area contributed by atoms with Crippen molar-refractivity contribution >= 4 is 0 Å². The maximum atomic E-state index is 3.41. The van der Waals surface area contributed by atoms with Crippen LogP contribution in [0.15, 0.2) is 0 Å². The minimum absolute atomic E-state index is 1.13. The Balaban J connectivity index is 2.97. The van der Waals surface area contributed by atoms with Crippen LogP contribution in [-0.2, 0) is 0 Å². The molecule has 0 unspecified atom stereocenters. The molecule has 30 heavy (non-hydrogen) atoms. The molecule has 0 spiro atoms. The zero-order chi connectivity index (χ0) is 21.8. The van der Waals surface area contributed by atoms with Gasteiger partial charge in [0.2, 0.25) is 0 Å². The molecule has 0 aliphatic rings. The first-order valence-electron chi connectivity index (χ1n) is 14.4. The molecule has 0 atom stereocenters. The third-order valence-corrected chi connectivity index (χ3v) is 6.44. The number of hydrazine groups is 1. The Morgan fingerprint density at radius 3 is 0.700 bits per heavy atom. The van der Waals surface area contributed by atoms with E-state index in [0.717, 1.165) is 13.1 Å². The van der Waals surface area contributed by atoms with Gasteiger partial charge >= 0.3 is 0 Å². The lowest BCUT2D eigenvalue weighted by Gasteiger charge is -2.07. The van der Waals surface area contributed by atoms with Gasteiger partial charge in [-0.1, -0.05) is 155 Å². The van der Waals surface area contributed by atoms with E-state index in [2.05, 4.69) is 24.7 Å². The normalized spacial score (nSPS) is 11.4. The first-order valence-corrected chi connectivity index (χ1v) is 14.4. The number of hydrogen-bond acceptors (Lipinski definition) is 2. The van der Waals surface area contributed by atoms with Crippen molar-refractivity contribution in [2.45, 2.75) is 168 Å². The molecular weight excluding hydrogens is 364 g/mol. The van der Waals surface area contributed by atoms with E-state index >= 15 is 0 Å². The van der Waals surface area contributed by atoms with Crippen LogP contribution in [0.1, 0.15) is 168 Å². The summed E-state index contributed by atoms with van der Waals surface area (Å²) in [6, 6.07) is 0.